The van der Waals surface area contributed by atoms with Crippen LogP contribution in [0.4, 0.5) is 0 Å². The van der Waals surface area contributed by atoms with E-state index in [1.807, 2.05) is 48.7 Å². The third kappa shape index (κ3) is 5.56. The number of thiazole rings is 1. The average molecular weight is 502 g/mol. The van der Waals surface area contributed by atoms with Crippen molar-refractivity contribution in [1.29, 1.82) is 0 Å². The van der Waals surface area contributed by atoms with Crippen molar-refractivity contribution in [1.82, 2.24) is 15.2 Å². The van der Waals surface area contributed by atoms with Gasteiger partial charge in [-0.15, -0.1) is 11.3 Å². The van der Waals surface area contributed by atoms with Gasteiger partial charge in [-0.1, -0.05) is 12.2 Å². The van der Waals surface area contributed by atoms with Crippen molar-refractivity contribution in [3.63, 3.8) is 0 Å². The van der Waals surface area contributed by atoms with Crippen LogP contribution >= 0.6 is 11.3 Å². The summed E-state index contributed by atoms with van der Waals surface area (Å²) < 4.78 is 21.9. The lowest BCUT2D eigenvalue weighted by atomic mass is 9.68. The molecule has 1 aliphatic heterocycles. The van der Waals surface area contributed by atoms with E-state index in [4.69, 9.17) is 18.9 Å². The van der Waals surface area contributed by atoms with Crippen LogP contribution in [0.15, 0.2) is 41.8 Å². The van der Waals surface area contributed by atoms with E-state index in [1.165, 1.54) is 11.3 Å². The Labute approximate surface area is 209 Å². The van der Waals surface area contributed by atoms with E-state index in [0.717, 1.165) is 17.0 Å². The van der Waals surface area contributed by atoms with Crippen LogP contribution in [-0.4, -0.2) is 87.6 Å². The Balaban J connectivity index is 1.38. The highest BCUT2D eigenvalue weighted by molar-refractivity contribution is 7.12. The van der Waals surface area contributed by atoms with E-state index in [-0.39, 0.29) is 30.6 Å². The molecule has 0 spiro atoms. The van der Waals surface area contributed by atoms with Crippen molar-refractivity contribution < 1.29 is 28.5 Å². The first kappa shape index (κ1) is 25.3. The summed E-state index contributed by atoms with van der Waals surface area (Å²) in [6.07, 6.45) is 3.54. The van der Waals surface area contributed by atoms with E-state index < -0.39 is 5.41 Å². The van der Waals surface area contributed by atoms with Gasteiger partial charge in [0.05, 0.1) is 50.2 Å². The Bertz CT molecular complexity index is 1050. The van der Waals surface area contributed by atoms with Gasteiger partial charge in [0.25, 0.3) is 5.91 Å². The molecule has 2 aliphatic rings. The fourth-order valence-corrected chi connectivity index (χ4v) is 4.98. The number of methoxy groups -OCH3 is 2. The summed E-state index contributed by atoms with van der Waals surface area (Å²) in [6.45, 7) is 4.45. The molecule has 1 saturated heterocycles. The molecule has 1 fully saturated rings. The molecule has 1 aliphatic carbocycles. The Kier molecular flexibility index (Phi) is 8.17. The van der Waals surface area contributed by atoms with E-state index >= 15 is 0 Å². The van der Waals surface area contributed by atoms with Crippen LogP contribution in [0.25, 0.3) is 11.3 Å². The molecule has 35 heavy (non-hydrogen) atoms. The Hall–Kier alpha value is -2.79. The Morgan fingerprint density at radius 1 is 1.26 bits per heavy atom. The highest BCUT2D eigenvalue weighted by atomic mass is 32.1. The lowest BCUT2D eigenvalue weighted by molar-refractivity contribution is -0.146. The van der Waals surface area contributed by atoms with E-state index in [9.17, 15) is 9.59 Å². The van der Waals surface area contributed by atoms with Gasteiger partial charge in [0.15, 0.2) is 5.01 Å². The Morgan fingerprint density at radius 2 is 2.00 bits per heavy atom. The van der Waals surface area contributed by atoms with Gasteiger partial charge in [-0.05, 0) is 31.2 Å². The second-order valence-electron chi connectivity index (χ2n) is 8.57. The summed E-state index contributed by atoms with van der Waals surface area (Å²) >= 11 is 1.29. The number of benzene rings is 1. The zero-order valence-corrected chi connectivity index (χ0v) is 21.0. The highest BCUT2D eigenvalue weighted by Crippen LogP contribution is 2.39. The largest absolute Gasteiger partial charge is 0.497 e. The van der Waals surface area contributed by atoms with Crippen LogP contribution in [-0.2, 0) is 19.0 Å². The zero-order valence-electron chi connectivity index (χ0n) is 20.2. The van der Waals surface area contributed by atoms with Gasteiger partial charge in [0.2, 0.25) is 5.91 Å². The molecule has 0 saturated carbocycles. The summed E-state index contributed by atoms with van der Waals surface area (Å²) in [7, 11) is 3.23. The van der Waals surface area contributed by atoms with E-state index in [0.29, 0.717) is 37.9 Å². The van der Waals surface area contributed by atoms with Gasteiger partial charge < -0.3 is 29.2 Å². The normalized spacial score (nSPS) is 22.4. The van der Waals surface area contributed by atoms with Crippen LogP contribution in [0.5, 0.6) is 5.75 Å². The SMILES string of the molecule is COC[C@@]1([C@H](C)OCC(=O)N2CCOCC2)C=CC1NC(=O)c1nc(-c2ccc(OC)cc2)cs1. The first-order chi connectivity index (χ1) is 17.0. The predicted molar refractivity (Wildman–Crippen MR) is 132 cm³/mol. The van der Waals surface area contributed by atoms with Gasteiger partial charge >= 0.3 is 0 Å². The molecule has 1 N–H and O–H groups in total. The second kappa shape index (κ2) is 11.3. The topological polar surface area (TPSA) is 99.2 Å². The first-order valence-electron chi connectivity index (χ1n) is 11.5. The number of amides is 2. The second-order valence-corrected chi connectivity index (χ2v) is 9.43. The number of carbonyl (C=O) groups excluding carboxylic acids is 2. The van der Waals surface area contributed by atoms with Gasteiger partial charge in [-0.3, -0.25) is 9.59 Å². The quantitative estimate of drug-likeness (QED) is 0.499. The third-order valence-corrected chi connectivity index (χ3v) is 7.36. The van der Waals surface area contributed by atoms with Crippen molar-refractivity contribution in [3.8, 4) is 17.0 Å². The van der Waals surface area contributed by atoms with Gasteiger partial charge in [0.1, 0.15) is 12.4 Å². The summed E-state index contributed by atoms with van der Waals surface area (Å²) in [5.41, 5.74) is 1.06. The lowest BCUT2D eigenvalue weighted by Gasteiger charge is -2.47. The minimum atomic E-state index is -0.578. The van der Waals surface area contributed by atoms with Crippen molar-refractivity contribution in [2.24, 2.45) is 5.41 Å². The number of nitrogens with one attached hydrogen (secondary N) is 1. The van der Waals surface area contributed by atoms with Crippen molar-refractivity contribution in [3.05, 3.63) is 46.8 Å². The lowest BCUT2D eigenvalue weighted by Crippen LogP contribution is -2.59. The molecule has 0 bridgehead atoms. The molecule has 188 valence electrons. The fourth-order valence-electron chi connectivity index (χ4n) is 4.25. The molecule has 2 aromatic rings. The maximum atomic E-state index is 13.0. The smallest absolute Gasteiger partial charge is 0.280 e. The molecule has 2 heterocycles. The summed E-state index contributed by atoms with van der Waals surface area (Å²) in [6, 6.07) is 7.23. The summed E-state index contributed by atoms with van der Waals surface area (Å²) in [5, 5.41) is 5.29. The van der Waals surface area contributed by atoms with Crippen molar-refractivity contribution in [2.45, 2.75) is 19.1 Å². The molecule has 1 unspecified atom stereocenters. The molecular weight excluding hydrogens is 470 g/mol. The highest BCUT2D eigenvalue weighted by Gasteiger charge is 2.48. The number of hydrogen-bond donors (Lipinski definition) is 1. The molecule has 1 aromatic carbocycles. The Morgan fingerprint density at radius 3 is 2.63 bits per heavy atom. The summed E-state index contributed by atoms with van der Waals surface area (Å²) in [5.74, 6) is 0.433. The van der Waals surface area contributed by atoms with E-state index in [2.05, 4.69) is 10.3 Å². The maximum absolute atomic E-state index is 13.0. The average Bonchev–Trinajstić information content (AvgIpc) is 3.39. The number of aromatic nitrogens is 1. The first-order valence-corrected chi connectivity index (χ1v) is 12.4. The number of carbonyl (C=O) groups is 2. The minimum Gasteiger partial charge on any atom is -0.497 e. The van der Waals surface area contributed by atoms with Gasteiger partial charge in [-0.2, -0.15) is 0 Å². The van der Waals surface area contributed by atoms with Crippen molar-refractivity contribution in [2.75, 3.05) is 53.7 Å². The third-order valence-electron chi connectivity index (χ3n) is 6.52. The predicted octanol–water partition coefficient (Wildman–Crippen LogP) is 2.38. The van der Waals surface area contributed by atoms with Gasteiger partial charge in [-0.25, -0.2) is 4.98 Å². The number of hydrogen-bond acceptors (Lipinski definition) is 8. The van der Waals surface area contributed by atoms with Gasteiger partial charge in [0, 0.05) is 31.1 Å². The van der Waals surface area contributed by atoms with E-state index in [1.54, 1.807) is 19.1 Å². The fraction of sp³-hybridized carbons (Fsp3) is 0.480. The number of ether oxygens (including phenoxy) is 4. The molecule has 9 nitrogen and oxygen atoms in total. The summed E-state index contributed by atoms with van der Waals surface area (Å²) in [4.78, 5) is 31.8. The standard InChI is InChI=1S/C25H31N3O6S/c1-17(34-14-22(29)28-10-12-33-13-11-28)25(16-31-2)9-8-21(25)27-23(30)24-26-20(15-35-24)18-4-6-19(32-3)7-5-18/h4-9,15,17,21H,10-14,16H2,1-3H3,(H,27,30)/t17-,21?,25+/m0/s1. The van der Waals surface area contributed by atoms with Crippen molar-refractivity contribution >= 4 is 23.2 Å². The molecule has 10 heteroatoms. The maximum Gasteiger partial charge on any atom is 0.280 e. The molecule has 0 radical (unpaired) electrons. The number of nitrogens with zero attached hydrogens (tertiary/aromatic N) is 2. The zero-order chi connectivity index (χ0) is 24.8. The molecule has 2 amide bonds. The number of morpholine rings is 1. The molecule has 1 aromatic heterocycles. The van der Waals surface area contributed by atoms with Crippen LogP contribution in [0, 0.1) is 5.41 Å². The molecule has 4 rings (SSSR count). The molecular formula is C25H31N3O6S. The van der Waals surface area contributed by atoms with Crippen LogP contribution < -0.4 is 10.1 Å². The van der Waals surface area contributed by atoms with Crippen LogP contribution in [0.2, 0.25) is 0 Å². The molecule has 3 atom stereocenters. The number of rotatable bonds is 10. The monoisotopic (exact) mass is 501 g/mol. The van der Waals surface area contributed by atoms with Crippen LogP contribution in [0.3, 0.4) is 0 Å². The minimum absolute atomic E-state index is 0.0289. The van der Waals surface area contributed by atoms with Crippen LogP contribution in [0.1, 0.15) is 16.7 Å².